The zero-order valence-electron chi connectivity index (χ0n) is 21.7. The molecule has 1 heterocycles. The molecule has 4 rings (SSSR count). The highest BCUT2D eigenvalue weighted by Crippen LogP contribution is 2.33. The van der Waals surface area contributed by atoms with Gasteiger partial charge in [-0.05, 0) is 67.4 Å². The molecule has 0 N–H and O–H groups in total. The van der Waals surface area contributed by atoms with Crippen LogP contribution in [0.15, 0.2) is 60.7 Å². The molecule has 0 aliphatic carbocycles. The van der Waals surface area contributed by atoms with Crippen LogP contribution in [0.25, 0.3) is 16.9 Å². The zero-order chi connectivity index (χ0) is 27.4. The first-order valence-electron chi connectivity index (χ1n) is 11.7. The minimum atomic E-state index is -0.724. The lowest BCUT2D eigenvalue weighted by Gasteiger charge is -2.13. The molecule has 0 saturated heterocycles. The van der Waals surface area contributed by atoms with E-state index >= 15 is 0 Å². The van der Waals surface area contributed by atoms with Crippen LogP contribution in [0.5, 0.6) is 11.5 Å². The van der Waals surface area contributed by atoms with Crippen LogP contribution in [0.3, 0.4) is 0 Å². The van der Waals surface area contributed by atoms with Gasteiger partial charge in [-0.2, -0.15) is 5.10 Å². The summed E-state index contributed by atoms with van der Waals surface area (Å²) in [6.45, 7) is 4.01. The third-order valence-electron chi connectivity index (χ3n) is 6.01. The molecule has 0 atom stereocenters. The Morgan fingerprint density at radius 1 is 0.895 bits per heavy atom. The third kappa shape index (κ3) is 5.21. The van der Waals surface area contributed by atoms with E-state index < -0.39 is 11.9 Å². The summed E-state index contributed by atoms with van der Waals surface area (Å²) in [6, 6.07) is 18.0. The number of hydrogen-bond donors (Lipinski definition) is 0. The molecule has 0 unspecified atom stereocenters. The van der Waals surface area contributed by atoms with Gasteiger partial charge in [0.15, 0.2) is 5.69 Å². The van der Waals surface area contributed by atoms with E-state index in [1.54, 1.807) is 49.6 Å². The van der Waals surface area contributed by atoms with E-state index in [2.05, 4.69) is 5.10 Å². The number of carbonyl (C=O) groups excluding carboxylic acids is 2. The molecule has 4 aromatic rings. The molecule has 8 nitrogen and oxygen atoms in total. The number of nitrogens with zero attached hydrogens (tertiary/aromatic N) is 2. The number of ether oxygens (including phenoxy) is 4. The number of carbonyl (C=O) groups is 2. The van der Waals surface area contributed by atoms with Gasteiger partial charge < -0.3 is 18.9 Å². The molecule has 0 saturated carbocycles. The Labute approximate surface area is 225 Å². The van der Waals surface area contributed by atoms with Crippen molar-refractivity contribution in [1.82, 2.24) is 9.78 Å². The van der Waals surface area contributed by atoms with Gasteiger partial charge in [0, 0.05) is 16.1 Å². The number of aryl methyl sites for hydroxylation is 2. The fraction of sp³-hybridized carbons (Fsp3) is 0.207. The molecular formula is C29H27ClN2O6. The average molecular weight is 535 g/mol. The van der Waals surface area contributed by atoms with Crippen molar-refractivity contribution in [2.45, 2.75) is 20.5 Å². The summed E-state index contributed by atoms with van der Waals surface area (Å²) in [4.78, 5) is 25.8. The molecular weight excluding hydrogens is 508 g/mol. The van der Waals surface area contributed by atoms with Crippen LogP contribution >= 0.6 is 11.6 Å². The van der Waals surface area contributed by atoms with E-state index in [-0.39, 0.29) is 23.6 Å². The minimum Gasteiger partial charge on any atom is -0.496 e. The highest BCUT2D eigenvalue weighted by molar-refractivity contribution is 6.32. The third-order valence-corrected chi connectivity index (χ3v) is 6.61. The SMILES string of the molecule is COC(=O)c1c(-c2ccc(OC)c(COc3cc(C)c(Cl)c(C)c3)c2)nn(-c2ccccc2)c1C(=O)OC. The Hall–Kier alpha value is -4.30. The van der Waals surface area contributed by atoms with Crippen LogP contribution in [-0.2, 0) is 16.1 Å². The number of rotatable bonds is 8. The van der Waals surface area contributed by atoms with Gasteiger partial charge in [-0.15, -0.1) is 0 Å². The first kappa shape index (κ1) is 26.8. The van der Waals surface area contributed by atoms with Crippen LogP contribution < -0.4 is 9.47 Å². The molecule has 0 spiro atoms. The fourth-order valence-corrected chi connectivity index (χ4v) is 4.26. The number of halogens is 1. The summed E-state index contributed by atoms with van der Waals surface area (Å²) in [6.07, 6.45) is 0. The average Bonchev–Trinajstić information content (AvgIpc) is 3.35. The molecule has 3 aromatic carbocycles. The van der Waals surface area contributed by atoms with Gasteiger partial charge in [0.25, 0.3) is 0 Å². The number of aromatic nitrogens is 2. The lowest BCUT2D eigenvalue weighted by atomic mass is 10.0. The summed E-state index contributed by atoms with van der Waals surface area (Å²) in [5, 5.41) is 5.35. The first-order valence-corrected chi connectivity index (χ1v) is 12.1. The summed E-state index contributed by atoms with van der Waals surface area (Å²) >= 11 is 6.29. The Bertz CT molecular complexity index is 1470. The van der Waals surface area contributed by atoms with E-state index in [9.17, 15) is 9.59 Å². The van der Waals surface area contributed by atoms with Gasteiger partial charge in [-0.3, -0.25) is 0 Å². The standard InChI is InChI=1S/C29H27ClN2O6/c1-17-13-22(14-18(2)25(17)30)38-16-20-15-19(11-12-23(20)35-3)26-24(28(33)36-4)27(29(34)37-5)32(31-26)21-9-7-6-8-10-21/h6-15H,16H2,1-5H3. The van der Waals surface area contributed by atoms with Crippen molar-refractivity contribution in [3.05, 3.63) is 93.6 Å². The topological polar surface area (TPSA) is 88.9 Å². The smallest absolute Gasteiger partial charge is 0.357 e. The van der Waals surface area contributed by atoms with Gasteiger partial charge in [0.1, 0.15) is 29.4 Å². The van der Waals surface area contributed by atoms with E-state index in [4.69, 9.17) is 30.5 Å². The lowest BCUT2D eigenvalue weighted by molar-refractivity contribution is 0.0549. The van der Waals surface area contributed by atoms with Crippen LogP contribution in [0, 0.1) is 13.8 Å². The molecule has 38 heavy (non-hydrogen) atoms. The Kier molecular flexibility index (Phi) is 8.02. The summed E-state index contributed by atoms with van der Waals surface area (Å²) in [5.41, 5.74) is 3.87. The zero-order valence-corrected chi connectivity index (χ0v) is 22.5. The highest BCUT2D eigenvalue weighted by Gasteiger charge is 2.31. The highest BCUT2D eigenvalue weighted by atomic mass is 35.5. The fourth-order valence-electron chi connectivity index (χ4n) is 4.15. The van der Waals surface area contributed by atoms with Gasteiger partial charge in [0.05, 0.1) is 27.0 Å². The van der Waals surface area contributed by atoms with Crippen molar-refractivity contribution < 1.29 is 28.5 Å². The maximum atomic E-state index is 13.0. The molecule has 0 aliphatic rings. The van der Waals surface area contributed by atoms with Crippen molar-refractivity contribution in [1.29, 1.82) is 0 Å². The Balaban J connectivity index is 1.83. The van der Waals surface area contributed by atoms with Crippen molar-refractivity contribution in [2.75, 3.05) is 21.3 Å². The van der Waals surface area contributed by atoms with Crippen molar-refractivity contribution in [2.24, 2.45) is 0 Å². The Morgan fingerprint density at radius 2 is 1.55 bits per heavy atom. The number of benzene rings is 3. The van der Waals surface area contributed by atoms with Gasteiger partial charge in [-0.1, -0.05) is 29.8 Å². The summed E-state index contributed by atoms with van der Waals surface area (Å²) in [5.74, 6) is -0.193. The normalized spacial score (nSPS) is 10.7. The predicted molar refractivity (Wildman–Crippen MR) is 143 cm³/mol. The summed E-state index contributed by atoms with van der Waals surface area (Å²) < 4.78 is 23.0. The van der Waals surface area contributed by atoms with Crippen LogP contribution in [-0.4, -0.2) is 43.0 Å². The quantitative estimate of drug-likeness (QED) is 0.257. The van der Waals surface area contributed by atoms with Crippen LogP contribution in [0.2, 0.25) is 5.02 Å². The number of methoxy groups -OCH3 is 3. The molecule has 0 fully saturated rings. The minimum absolute atomic E-state index is 0.0100. The van der Waals surface area contributed by atoms with Crippen LogP contribution in [0.4, 0.5) is 0 Å². The van der Waals surface area contributed by atoms with Gasteiger partial charge in [0.2, 0.25) is 0 Å². The number of hydrogen-bond acceptors (Lipinski definition) is 7. The molecule has 0 radical (unpaired) electrons. The maximum Gasteiger partial charge on any atom is 0.357 e. The second-order valence-electron chi connectivity index (χ2n) is 8.49. The Morgan fingerprint density at radius 3 is 2.16 bits per heavy atom. The van der Waals surface area contributed by atoms with E-state index in [0.29, 0.717) is 33.3 Å². The molecule has 1 aromatic heterocycles. The second kappa shape index (κ2) is 11.4. The predicted octanol–water partition coefficient (Wildman–Crippen LogP) is 5.97. The van der Waals surface area contributed by atoms with Gasteiger partial charge in [-0.25, -0.2) is 14.3 Å². The molecule has 0 aliphatic heterocycles. The molecule has 196 valence electrons. The van der Waals surface area contributed by atoms with E-state index in [1.807, 2.05) is 32.0 Å². The lowest BCUT2D eigenvalue weighted by Crippen LogP contribution is -2.15. The number of para-hydroxylation sites is 1. The van der Waals surface area contributed by atoms with Crippen LogP contribution in [0.1, 0.15) is 37.5 Å². The number of esters is 2. The monoisotopic (exact) mass is 534 g/mol. The second-order valence-corrected chi connectivity index (χ2v) is 8.87. The molecule has 0 bridgehead atoms. The maximum absolute atomic E-state index is 13.0. The van der Waals surface area contributed by atoms with Crippen molar-refractivity contribution >= 4 is 23.5 Å². The first-order chi connectivity index (χ1) is 18.3. The van der Waals surface area contributed by atoms with E-state index in [0.717, 1.165) is 11.1 Å². The molecule has 0 amide bonds. The largest absolute Gasteiger partial charge is 0.496 e. The van der Waals surface area contributed by atoms with Crippen molar-refractivity contribution in [3.8, 4) is 28.4 Å². The van der Waals surface area contributed by atoms with Gasteiger partial charge >= 0.3 is 11.9 Å². The van der Waals surface area contributed by atoms with E-state index in [1.165, 1.54) is 18.9 Å². The summed E-state index contributed by atoms with van der Waals surface area (Å²) in [7, 11) is 4.05. The van der Waals surface area contributed by atoms with Crippen molar-refractivity contribution in [3.63, 3.8) is 0 Å². The molecule has 9 heteroatoms.